The van der Waals surface area contributed by atoms with Crippen molar-refractivity contribution in [2.45, 2.75) is 77.3 Å². The molecule has 116 valence electrons. The van der Waals surface area contributed by atoms with Gasteiger partial charge in [0.15, 0.2) is 0 Å². The van der Waals surface area contributed by atoms with Crippen molar-refractivity contribution in [2.75, 3.05) is 0 Å². The molecule has 2 atom stereocenters. The molecule has 0 heterocycles. The lowest BCUT2D eigenvalue weighted by Crippen LogP contribution is -2.49. The second kappa shape index (κ2) is 8.82. The van der Waals surface area contributed by atoms with Crippen molar-refractivity contribution < 1.29 is 14.7 Å². The Balaban J connectivity index is 2.43. The Morgan fingerprint density at radius 2 is 1.75 bits per heavy atom. The number of aliphatic carboxylic acids is 1. The van der Waals surface area contributed by atoms with Crippen molar-refractivity contribution in [1.82, 2.24) is 10.6 Å². The third-order valence-electron chi connectivity index (χ3n) is 4.22. The van der Waals surface area contributed by atoms with E-state index in [-0.39, 0.29) is 24.5 Å². The lowest BCUT2D eigenvalue weighted by molar-refractivity contribution is -0.137. The maximum atomic E-state index is 12.0. The van der Waals surface area contributed by atoms with Crippen LogP contribution in [0.3, 0.4) is 0 Å². The van der Waals surface area contributed by atoms with E-state index in [1.54, 1.807) is 0 Å². The molecule has 20 heavy (non-hydrogen) atoms. The van der Waals surface area contributed by atoms with E-state index in [4.69, 9.17) is 5.11 Å². The highest BCUT2D eigenvalue weighted by atomic mass is 16.4. The molecule has 0 aromatic rings. The predicted octanol–water partition coefficient (Wildman–Crippen LogP) is 2.90. The van der Waals surface area contributed by atoms with Crippen molar-refractivity contribution in [3.63, 3.8) is 0 Å². The smallest absolute Gasteiger partial charge is 0.315 e. The standard InChI is InChI=1S/C15H28N2O3/c1-3-12(10-14(18)19)16-15(20)17-13(4-2)11-8-6-5-7-9-11/h11-13H,3-10H2,1-2H3,(H,18,19)(H2,16,17,20). The van der Waals surface area contributed by atoms with Crippen LogP contribution in [0.5, 0.6) is 0 Å². The second-order valence-corrected chi connectivity index (χ2v) is 5.73. The van der Waals surface area contributed by atoms with Gasteiger partial charge in [-0.05, 0) is 31.6 Å². The van der Waals surface area contributed by atoms with E-state index in [0.717, 1.165) is 6.42 Å². The number of carbonyl (C=O) groups excluding carboxylic acids is 1. The summed E-state index contributed by atoms with van der Waals surface area (Å²) in [4.78, 5) is 22.7. The zero-order valence-electron chi connectivity index (χ0n) is 12.7. The van der Waals surface area contributed by atoms with Crippen molar-refractivity contribution >= 4 is 12.0 Å². The Morgan fingerprint density at radius 1 is 1.10 bits per heavy atom. The third-order valence-corrected chi connectivity index (χ3v) is 4.22. The summed E-state index contributed by atoms with van der Waals surface area (Å²) in [6, 6.07) is -0.315. The molecule has 1 aliphatic rings. The Morgan fingerprint density at radius 3 is 2.25 bits per heavy atom. The number of carboxylic acids is 1. The Hall–Kier alpha value is -1.26. The van der Waals surface area contributed by atoms with Crippen molar-refractivity contribution in [3.05, 3.63) is 0 Å². The number of carboxylic acid groups (broad SMARTS) is 1. The molecule has 5 heteroatoms. The first-order valence-electron chi connectivity index (χ1n) is 7.85. The van der Waals surface area contributed by atoms with Gasteiger partial charge in [-0.25, -0.2) is 4.79 Å². The van der Waals surface area contributed by atoms with E-state index < -0.39 is 5.97 Å². The summed E-state index contributed by atoms with van der Waals surface area (Å²) in [6.07, 6.45) is 7.70. The Kier molecular flexibility index (Phi) is 7.41. The molecule has 1 saturated carbocycles. The molecule has 3 N–H and O–H groups in total. The molecule has 2 unspecified atom stereocenters. The normalized spacial score (nSPS) is 19.1. The number of nitrogens with one attached hydrogen (secondary N) is 2. The van der Waals surface area contributed by atoms with Gasteiger partial charge in [0.1, 0.15) is 0 Å². The van der Waals surface area contributed by atoms with E-state index in [9.17, 15) is 9.59 Å². The molecule has 0 bridgehead atoms. The SMILES string of the molecule is CCC(CC(=O)O)NC(=O)NC(CC)C1CCCCC1. The van der Waals surface area contributed by atoms with Crippen molar-refractivity contribution in [2.24, 2.45) is 5.92 Å². The molecule has 0 radical (unpaired) electrons. The van der Waals surface area contributed by atoms with Gasteiger partial charge in [0, 0.05) is 12.1 Å². The number of carbonyl (C=O) groups is 2. The van der Waals surface area contributed by atoms with Gasteiger partial charge in [-0.3, -0.25) is 4.79 Å². The maximum Gasteiger partial charge on any atom is 0.315 e. The molecule has 0 aromatic heterocycles. The summed E-state index contributed by atoms with van der Waals surface area (Å²) in [7, 11) is 0. The summed E-state index contributed by atoms with van der Waals surface area (Å²) in [6.45, 7) is 3.97. The number of rotatable bonds is 7. The minimum absolute atomic E-state index is 0.0237. The summed E-state index contributed by atoms with van der Waals surface area (Å²) < 4.78 is 0. The topological polar surface area (TPSA) is 78.4 Å². The molecule has 0 aliphatic heterocycles. The predicted molar refractivity (Wildman–Crippen MR) is 78.7 cm³/mol. The van der Waals surface area contributed by atoms with E-state index in [1.165, 1.54) is 32.1 Å². The summed E-state index contributed by atoms with van der Waals surface area (Å²) >= 11 is 0. The van der Waals surface area contributed by atoms with Gasteiger partial charge in [0.05, 0.1) is 6.42 Å². The van der Waals surface area contributed by atoms with Crippen LogP contribution >= 0.6 is 0 Å². The molecule has 1 rings (SSSR count). The fourth-order valence-corrected chi connectivity index (χ4v) is 2.99. The maximum absolute atomic E-state index is 12.0. The van der Waals surface area contributed by atoms with Gasteiger partial charge in [-0.1, -0.05) is 33.1 Å². The van der Waals surface area contributed by atoms with E-state index in [2.05, 4.69) is 17.6 Å². The van der Waals surface area contributed by atoms with Crippen LogP contribution in [0.15, 0.2) is 0 Å². The Bertz CT molecular complexity index is 314. The third kappa shape index (κ3) is 5.80. The lowest BCUT2D eigenvalue weighted by atomic mass is 9.83. The fraction of sp³-hybridized carbons (Fsp3) is 0.867. The highest BCUT2D eigenvalue weighted by Gasteiger charge is 2.24. The van der Waals surface area contributed by atoms with Crippen molar-refractivity contribution in [1.29, 1.82) is 0 Å². The van der Waals surface area contributed by atoms with Crippen LogP contribution in [-0.2, 0) is 4.79 Å². The quantitative estimate of drug-likeness (QED) is 0.672. The first-order chi connectivity index (χ1) is 9.56. The van der Waals surface area contributed by atoms with E-state index >= 15 is 0 Å². The van der Waals surface area contributed by atoms with Gasteiger partial charge in [-0.2, -0.15) is 0 Å². The minimum atomic E-state index is -0.878. The van der Waals surface area contributed by atoms with Crippen LogP contribution in [-0.4, -0.2) is 29.2 Å². The average Bonchev–Trinajstić information content (AvgIpc) is 2.44. The van der Waals surface area contributed by atoms with Gasteiger partial charge in [0.2, 0.25) is 0 Å². The number of urea groups is 1. The van der Waals surface area contributed by atoms with Crippen molar-refractivity contribution in [3.8, 4) is 0 Å². The number of hydrogen-bond acceptors (Lipinski definition) is 2. The average molecular weight is 284 g/mol. The first-order valence-corrected chi connectivity index (χ1v) is 7.85. The molecule has 5 nitrogen and oxygen atoms in total. The molecule has 0 spiro atoms. The molecule has 1 aliphatic carbocycles. The zero-order chi connectivity index (χ0) is 15.0. The summed E-state index contributed by atoms with van der Waals surface area (Å²) in [5.41, 5.74) is 0. The van der Waals surface area contributed by atoms with Gasteiger partial charge < -0.3 is 15.7 Å². The summed E-state index contributed by atoms with van der Waals surface area (Å²) in [5.74, 6) is -0.310. The zero-order valence-corrected chi connectivity index (χ0v) is 12.7. The Labute approximate surface area is 121 Å². The van der Waals surface area contributed by atoms with Crippen LogP contribution in [0, 0.1) is 5.92 Å². The number of hydrogen-bond donors (Lipinski definition) is 3. The van der Waals surface area contributed by atoms with Crippen LogP contribution in [0.1, 0.15) is 65.2 Å². The second-order valence-electron chi connectivity index (χ2n) is 5.73. The van der Waals surface area contributed by atoms with Crippen LogP contribution < -0.4 is 10.6 Å². The fourth-order valence-electron chi connectivity index (χ4n) is 2.99. The highest BCUT2D eigenvalue weighted by Crippen LogP contribution is 2.27. The molecular formula is C15H28N2O3. The van der Waals surface area contributed by atoms with Gasteiger partial charge in [0.25, 0.3) is 0 Å². The van der Waals surface area contributed by atoms with Gasteiger partial charge in [-0.15, -0.1) is 0 Å². The molecule has 2 amide bonds. The van der Waals surface area contributed by atoms with E-state index in [1.807, 2.05) is 6.92 Å². The summed E-state index contributed by atoms with van der Waals surface area (Å²) in [5, 5.41) is 14.6. The molecular weight excluding hydrogens is 256 g/mol. The largest absolute Gasteiger partial charge is 0.481 e. The van der Waals surface area contributed by atoms with Crippen LogP contribution in [0.4, 0.5) is 4.79 Å². The van der Waals surface area contributed by atoms with Crippen LogP contribution in [0.25, 0.3) is 0 Å². The highest BCUT2D eigenvalue weighted by molar-refractivity contribution is 5.76. The molecule has 0 saturated heterocycles. The monoisotopic (exact) mass is 284 g/mol. The van der Waals surface area contributed by atoms with E-state index in [0.29, 0.717) is 12.3 Å². The van der Waals surface area contributed by atoms with Gasteiger partial charge >= 0.3 is 12.0 Å². The minimum Gasteiger partial charge on any atom is -0.481 e. The first kappa shape index (κ1) is 16.8. The molecule has 0 aromatic carbocycles. The number of amides is 2. The van der Waals surface area contributed by atoms with Crippen LogP contribution in [0.2, 0.25) is 0 Å². The molecule has 1 fully saturated rings. The lowest BCUT2D eigenvalue weighted by Gasteiger charge is -2.30.